The van der Waals surface area contributed by atoms with Crippen LogP contribution in [-0.4, -0.2) is 16.5 Å². The van der Waals surface area contributed by atoms with E-state index in [1.807, 2.05) is 0 Å². The van der Waals surface area contributed by atoms with Crippen LogP contribution < -0.4 is 0 Å². The lowest BCUT2D eigenvalue weighted by molar-refractivity contribution is 0.112. The standard InChI is InChI=1S/C9H10O3/c1-6(11)7-2-3-8(5-10)9(12)4-7/h2-6,11-12H,1H3. The fourth-order valence-corrected chi connectivity index (χ4v) is 0.920. The molecule has 64 valence electrons. The summed E-state index contributed by atoms with van der Waals surface area (Å²) in [6.07, 6.45) is -0.0576. The first-order chi connectivity index (χ1) is 5.65. The molecule has 1 rings (SSSR count). The maximum Gasteiger partial charge on any atom is 0.153 e. The normalized spacial score (nSPS) is 12.5. The molecule has 0 spiro atoms. The van der Waals surface area contributed by atoms with Crippen molar-refractivity contribution in [2.45, 2.75) is 13.0 Å². The zero-order valence-electron chi connectivity index (χ0n) is 6.69. The molecule has 0 saturated carbocycles. The molecule has 1 atom stereocenters. The molecule has 3 nitrogen and oxygen atoms in total. The first-order valence-electron chi connectivity index (χ1n) is 3.61. The third-order valence-electron chi connectivity index (χ3n) is 1.66. The van der Waals surface area contributed by atoms with Crippen LogP contribution in [0.2, 0.25) is 0 Å². The van der Waals surface area contributed by atoms with Gasteiger partial charge in [-0.2, -0.15) is 0 Å². The molecule has 0 aliphatic heterocycles. The highest BCUT2D eigenvalue weighted by Crippen LogP contribution is 2.20. The first kappa shape index (κ1) is 8.74. The third-order valence-corrected chi connectivity index (χ3v) is 1.66. The molecule has 0 aromatic heterocycles. The number of phenolic OH excluding ortho intramolecular Hbond substituents is 1. The van der Waals surface area contributed by atoms with Crippen molar-refractivity contribution in [3.05, 3.63) is 29.3 Å². The lowest BCUT2D eigenvalue weighted by atomic mass is 10.1. The van der Waals surface area contributed by atoms with E-state index in [0.29, 0.717) is 11.8 Å². The van der Waals surface area contributed by atoms with E-state index in [4.69, 9.17) is 5.11 Å². The SMILES string of the molecule is CC(O)c1ccc(C=O)c(O)c1. The van der Waals surface area contributed by atoms with Crippen LogP contribution in [0.25, 0.3) is 0 Å². The van der Waals surface area contributed by atoms with Crippen molar-refractivity contribution in [3.63, 3.8) is 0 Å². The fourth-order valence-electron chi connectivity index (χ4n) is 0.920. The average molecular weight is 166 g/mol. The minimum atomic E-state index is -0.628. The van der Waals surface area contributed by atoms with E-state index in [1.165, 1.54) is 12.1 Å². The largest absolute Gasteiger partial charge is 0.507 e. The Kier molecular flexibility index (Phi) is 2.45. The minimum Gasteiger partial charge on any atom is -0.507 e. The molecule has 0 heterocycles. The second-order valence-corrected chi connectivity index (χ2v) is 2.61. The van der Waals surface area contributed by atoms with Gasteiger partial charge in [0.2, 0.25) is 0 Å². The van der Waals surface area contributed by atoms with Gasteiger partial charge in [0.1, 0.15) is 5.75 Å². The third kappa shape index (κ3) is 1.62. The Labute approximate surface area is 70.3 Å². The summed E-state index contributed by atoms with van der Waals surface area (Å²) >= 11 is 0. The van der Waals surface area contributed by atoms with E-state index in [-0.39, 0.29) is 11.3 Å². The van der Waals surface area contributed by atoms with Gasteiger partial charge in [-0.25, -0.2) is 0 Å². The van der Waals surface area contributed by atoms with Crippen LogP contribution in [0.5, 0.6) is 5.75 Å². The summed E-state index contributed by atoms with van der Waals surface area (Å²) in [7, 11) is 0. The molecule has 1 unspecified atom stereocenters. The number of benzene rings is 1. The predicted octanol–water partition coefficient (Wildman–Crippen LogP) is 1.26. The predicted molar refractivity (Wildman–Crippen MR) is 44.1 cm³/mol. The highest BCUT2D eigenvalue weighted by Gasteiger charge is 2.04. The van der Waals surface area contributed by atoms with E-state index in [0.717, 1.165) is 0 Å². The summed E-state index contributed by atoms with van der Waals surface area (Å²) in [6.45, 7) is 1.59. The van der Waals surface area contributed by atoms with Gasteiger partial charge in [-0.3, -0.25) is 4.79 Å². The van der Waals surface area contributed by atoms with Gasteiger partial charge in [0, 0.05) is 0 Å². The molecule has 0 aliphatic carbocycles. The Morgan fingerprint density at radius 3 is 2.58 bits per heavy atom. The highest BCUT2D eigenvalue weighted by atomic mass is 16.3. The number of hydrogen-bond acceptors (Lipinski definition) is 3. The number of aliphatic hydroxyl groups excluding tert-OH is 1. The second kappa shape index (κ2) is 3.36. The van der Waals surface area contributed by atoms with Gasteiger partial charge in [0.25, 0.3) is 0 Å². The minimum absolute atomic E-state index is 0.0941. The number of hydrogen-bond donors (Lipinski definition) is 2. The van der Waals surface area contributed by atoms with Gasteiger partial charge >= 0.3 is 0 Å². The number of rotatable bonds is 2. The zero-order valence-corrected chi connectivity index (χ0v) is 6.69. The average Bonchev–Trinajstić information content (AvgIpc) is 2.04. The quantitative estimate of drug-likeness (QED) is 0.650. The van der Waals surface area contributed by atoms with Crippen molar-refractivity contribution in [2.24, 2.45) is 0 Å². The van der Waals surface area contributed by atoms with Gasteiger partial charge < -0.3 is 10.2 Å². The van der Waals surface area contributed by atoms with E-state index in [1.54, 1.807) is 13.0 Å². The van der Waals surface area contributed by atoms with Crippen LogP contribution >= 0.6 is 0 Å². The second-order valence-electron chi connectivity index (χ2n) is 2.61. The Bertz CT molecular complexity index is 292. The summed E-state index contributed by atoms with van der Waals surface area (Å²) in [5, 5.41) is 18.3. The molecule has 0 aliphatic rings. The number of carbonyl (C=O) groups excluding carboxylic acids is 1. The Morgan fingerprint density at radius 2 is 2.17 bits per heavy atom. The summed E-state index contributed by atoms with van der Waals surface area (Å²) in [4.78, 5) is 10.3. The van der Waals surface area contributed by atoms with Crippen LogP contribution in [-0.2, 0) is 0 Å². The lowest BCUT2D eigenvalue weighted by Crippen LogP contribution is -1.91. The molecular weight excluding hydrogens is 156 g/mol. The topological polar surface area (TPSA) is 57.5 Å². The van der Waals surface area contributed by atoms with E-state index >= 15 is 0 Å². The summed E-state index contributed by atoms with van der Waals surface area (Å²) in [6, 6.07) is 4.47. The monoisotopic (exact) mass is 166 g/mol. The van der Waals surface area contributed by atoms with Crippen molar-refractivity contribution in [3.8, 4) is 5.75 Å². The Balaban J connectivity index is 3.10. The van der Waals surface area contributed by atoms with Crippen molar-refractivity contribution in [2.75, 3.05) is 0 Å². The molecule has 3 heteroatoms. The molecule has 12 heavy (non-hydrogen) atoms. The molecular formula is C9H10O3. The van der Waals surface area contributed by atoms with Gasteiger partial charge in [-0.05, 0) is 24.6 Å². The van der Waals surface area contributed by atoms with Crippen LogP contribution in [0.3, 0.4) is 0 Å². The molecule has 0 amide bonds. The Hall–Kier alpha value is -1.35. The molecule has 0 fully saturated rings. The number of aldehydes is 1. The van der Waals surface area contributed by atoms with Gasteiger partial charge in [-0.15, -0.1) is 0 Å². The molecule has 0 saturated heterocycles. The smallest absolute Gasteiger partial charge is 0.153 e. The fraction of sp³-hybridized carbons (Fsp3) is 0.222. The lowest BCUT2D eigenvalue weighted by Gasteiger charge is -2.05. The molecule has 1 aromatic carbocycles. The molecule has 0 bridgehead atoms. The highest BCUT2D eigenvalue weighted by molar-refractivity contribution is 5.79. The molecule has 1 aromatic rings. The molecule has 2 N–H and O–H groups in total. The van der Waals surface area contributed by atoms with Gasteiger partial charge in [0.05, 0.1) is 11.7 Å². The summed E-state index contributed by atoms with van der Waals surface area (Å²) in [5.41, 5.74) is 0.831. The zero-order chi connectivity index (χ0) is 9.14. The van der Waals surface area contributed by atoms with Gasteiger partial charge in [0.15, 0.2) is 6.29 Å². The van der Waals surface area contributed by atoms with Crippen LogP contribution in [0, 0.1) is 0 Å². The number of aromatic hydroxyl groups is 1. The van der Waals surface area contributed by atoms with Crippen LogP contribution in [0.1, 0.15) is 28.9 Å². The van der Waals surface area contributed by atoms with Crippen molar-refractivity contribution < 1.29 is 15.0 Å². The Morgan fingerprint density at radius 1 is 1.50 bits per heavy atom. The maximum absolute atomic E-state index is 10.3. The summed E-state index contributed by atoms with van der Waals surface area (Å²) in [5.74, 6) is -0.0941. The van der Waals surface area contributed by atoms with Crippen molar-refractivity contribution in [1.29, 1.82) is 0 Å². The van der Waals surface area contributed by atoms with E-state index in [2.05, 4.69) is 0 Å². The van der Waals surface area contributed by atoms with Crippen molar-refractivity contribution in [1.82, 2.24) is 0 Å². The molecule has 0 radical (unpaired) electrons. The van der Waals surface area contributed by atoms with E-state index < -0.39 is 6.10 Å². The van der Waals surface area contributed by atoms with Crippen LogP contribution in [0.4, 0.5) is 0 Å². The number of phenols is 1. The number of carbonyl (C=O) groups is 1. The van der Waals surface area contributed by atoms with Gasteiger partial charge in [-0.1, -0.05) is 6.07 Å². The van der Waals surface area contributed by atoms with Crippen LogP contribution in [0.15, 0.2) is 18.2 Å². The van der Waals surface area contributed by atoms with Crippen molar-refractivity contribution >= 4 is 6.29 Å². The first-order valence-corrected chi connectivity index (χ1v) is 3.61. The maximum atomic E-state index is 10.3. The summed E-state index contributed by atoms with van der Waals surface area (Å²) < 4.78 is 0. The van der Waals surface area contributed by atoms with E-state index in [9.17, 15) is 9.90 Å². The number of aliphatic hydroxyl groups is 1.